The van der Waals surface area contributed by atoms with Gasteiger partial charge in [0.25, 0.3) is 0 Å². The highest BCUT2D eigenvalue weighted by molar-refractivity contribution is 9.10. The molecule has 0 aliphatic carbocycles. The number of thiocarbonyl (C=S) groups is 1. The molecule has 0 unspecified atom stereocenters. The van der Waals surface area contributed by atoms with Gasteiger partial charge in [0.15, 0.2) is 0 Å². The molecule has 0 amide bonds. The van der Waals surface area contributed by atoms with Crippen molar-refractivity contribution in [1.82, 2.24) is 4.98 Å². The molecule has 0 saturated heterocycles. The average molecular weight is 336 g/mol. The molecule has 19 heavy (non-hydrogen) atoms. The number of hydrogen-bond donors (Lipinski definition) is 2. The van der Waals surface area contributed by atoms with Crippen molar-refractivity contribution >= 4 is 44.6 Å². The number of aromatic nitrogens is 1. The van der Waals surface area contributed by atoms with E-state index in [1.165, 1.54) is 0 Å². The zero-order chi connectivity index (χ0) is 14.0. The topological polar surface area (TPSA) is 50.9 Å². The second kappa shape index (κ2) is 5.67. The van der Waals surface area contributed by atoms with Crippen molar-refractivity contribution in [3.05, 3.63) is 51.6 Å². The summed E-state index contributed by atoms with van der Waals surface area (Å²) in [7, 11) is 0. The Morgan fingerprint density at radius 3 is 2.47 bits per heavy atom. The number of hydrogen-bond acceptors (Lipinski definition) is 3. The molecule has 2 rings (SSSR count). The van der Waals surface area contributed by atoms with E-state index in [2.05, 4.69) is 26.2 Å². The van der Waals surface area contributed by atoms with Gasteiger partial charge < -0.3 is 11.1 Å². The van der Waals surface area contributed by atoms with Gasteiger partial charge in [-0.25, -0.2) is 4.98 Å². The Hall–Kier alpha value is -1.46. The first kappa shape index (κ1) is 14.0. The van der Waals surface area contributed by atoms with E-state index in [-0.39, 0.29) is 0 Å². The normalized spacial score (nSPS) is 10.3. The molecule has 3 nitrogen and oxygen atoms in total. The quantitative estimate of drug-likeness (QED) is 0.836. The van der Waals surface area contributed by atoms with E-state index in [0.29, 0.717) is 10.8 Å². The molecule has 5 heteroatoms. The molecule has 0 fully saturated rings. The minimum absolute atomic E-state index is 0.351. The van der Waals surface area contributed by atoms with Crippen molar-refractivity contribution in [2.75, 3.05) is 5.32 Å². The summed E-state index contributed by atoms with van der Waals surface area (Å²) in [6, 6.07) is 9.83. The zero-order valence-corrected chi connectivity index (χ0v) is 13.1. The lowest BCUT2D eigenvalue weighted by Gasteiger charge is -2.13. The summed E-state index contributed by atoms with van der Waals surface area (Å²) in [4.78, 5) is 4.83. The third kappa shape index (κ3) is 3.30. The largest absolute Gasteiger partial charge is 0.389 e. The predicted molar refractivity (Wildman–Crippen MR) is 87.0 cm³/mol. The van der Waals surface area contributed by atoms with Crippen molar-refractivity contribution in [2.24, 2.45) is 5.73 Å². The molecule has 0 aliphatic heterocycles. The molecule has 1 aromatic heterocycles. The summed E-state index contributed by atoms with van der Waals surface area (Å²) in [5, 5.41) is 3.26. The lowest BCUT2D eigenvalue weighted by atomic mass is 10.1. The Bertz CT molecular complexity index is 623. The molecule has 2 aromatic rings. The zero-order valence-electron chi connectivity index (χ0n) is 10.7. The van der Waals surface area contributed by atoms with Crippen LogP contribution in [0.4, 0.5) is 11.5 Å². The first-order valence-electron chi connectivity index (χ1n) is 5.78. The summed E-state index contributed by atoms with van der Waals surface area (Å²) in [6.45, 7) is 3.93. The van der Waals surface area contributed by atoms with E-state index in [1.54, 1.807) is 0 Å². The van der Waals surface area contributed by atoms with Crippen molar-refractivity contribution in [2.45, 2.75) is 13.8 Å². The van der Waals surface area contributed by atoms with Gasteiger partial charge in [0.2, 0.25) is 0 Å². The maximum Gasteiger partial charge on any atom is 0.141 e. The van der Waals surface area contributed by atoms with Crippen molar-refractivity contribution in [3.63, 3.8) is 0 Å². The Morgan fingerprint density at radius 2 is 1.89 bits per heavy atom. The Kier molecular flexibility index (Phi) is 4.17. The summed E-state index contributed by atoms with van der Waals surface area (Å²) in [6.07, 6.45) is 0. The highest BCUT2D eigenvalue weighted by Crippen LogP contribution is 2.23. The van der Waals surface area contributed by atoms with Crippen LogP contribution >= 0.6 is 28.1 Å². The van der Waals surface area contributed by atoms with Gasteiger partial charge in [-0.15, -0.1) is 0 Å². The number of nitrogens with one attached hydrogen (secondary N) is 1. The van der Waals surface area contributed by atoms with Crippen LogP contribution in [0.5, 0.6) is 0 Å². The van der Waals surface area contributed by atoms with Crippen LogP contribution < -0.4 is 11.1 Å². The minimum Gasteiger partial charge on any atom is -0.389 e. The van der Waals surface area contributed by atoms with Crippen LogP contribution in [0.2, 0.25) is 0 Å². The van der Waals surface area contributed by atoms with Gasteiger partial charge in [0, 0.05) is 15.9 Å². The third-order valence-corrected chi connectivity index (χ3v) is 3.43. The van der Waals surface area contributed by atoms with Gasteiger partial charge in [-0.05, 0) is 49.7 Å². The lowest BCUT2D eigenvalue weighted by molar-refractivity contribution is 1.17. The van der Waals surface area contributed by atoms with Crippen LogP contribution in [0, 0.1) is 13.8 Å². The molecule has 1 heterocycles. The number of rotatable bonds is 3. The number of nitrogens with zero attached hydrogens (tertiary/aromatic N) is 1. The van der Waals surface area contributed by atoms with E-state index in [1.807, 2.05) is 44.2 Å². The molecule has 1 aromatic carbocycles. The second-order valence-corrected chi connectivity index (χ2v) is 5.66. The Labute approximate surface area is 126 Å². The highest BCUT2D eigenvalue weighted by Gasteiger charge is 2.11. The molecule has 0 bridgehead atoms. The van der Waals surface area contributed by atoms with E-state index < -0.39 is 0 Å². The second-order valence-electron chi connectivity index (χ2n) is 4.30. The van der Waals surface area contributed by atoms with Crippen LogP contribution in [-0.2, 0) is 0 Å². The molecule has 0 atom stereocenters. The number of benzene rings is 1. The first-order chi connectivity index (χ1) is 8.97. The van der Waals surface area contributed by atoms with Crippen LogP contribution in [-0.4, -0.2) is 9.97 Å². The fourth-order valence-electron chi connectivity index (χ4n) is 1.91. The van der Waals surface area contributed by atoms with E-state index in [4.69, 9.17) is 18.0 Å². The number of nitrogens with two attached hydrogens (primary N) is 1. The summed E-state index contributed by atoms with van der Waals surface area (Å²) < 4.78 is 1.03. The highest BCUT2D eigenvalue weighted by atomic mass is 79.9. The first-order valence-corrected chi connectivity index (χ1v) is 6.98. The standard InChI is InChI=1S/C14H14BrN3S/c1-8-7-9(2)17-14(12(8)13(16)19)18-11-5-3-10(15)4-6-11/h3-7H,1-2H3,(H2,16,19)(H,17,18). The molecular weight excluding hydrogens is 322 g/mol. The third-order valence-electron chi connectivity index (χ3n) is 2.70. The Balaban J connectivity index is 2.44. The van der Waals surface area contributed by atoms with Gasteiger partial charge in [-0.3, -0.25) is 0 Å². The number of halogens is 1. The number of aryl methyl sites for hydroxylation is 2. The maximum absolute atomic E-state index is 5.79. The van der Waals surface area contributed by atoms with E-state index >= 15 is 0 Å². The van der Waals surface area contributed by atoms with Crippen LogP contribution in [0.25, 0.3) is 0 Å². The number of anilines is 2. The SMILES string of the molecule is Cc1cc(C)c(C(N)=S)c(Nc2ccc(Br)cc2)n1. The monoisotopic (exact) mass is 335 g/mol. The van der Waals surface area contributed by atoms with Gasteiger partial charge in [-0.2, -0.15) is 0 Å². The van der Waals surface area contributed by atoms with Crippen molar-refractivity contribution in [1.29, 1.82) is 0 Å². The fraction of sp³-hybridized carbons (Fsp3) is 0.143. The van der Waals surface area contributed by atoms with Gasteiger partial charge in [-0.1, -0.05) is 28.1 Å². The molecule has 0 radical (unpaired) electrons. The fourth-order valence-corrected chi connectivity index (χ4v) is 2.43. The average Bonchev–Trinajstić information content (AvgIpc) is 2.30. The van der Waals surface area contributed by atoms with Crippen molar-refractivity contribution < 1.29 is 0 Å². The number of pyridine rings is 1. The maximum atomic E-state index is 5.79. The van der Waals surface area contributed by atoms with Gasteiger partial charge in [0.1, 0.15) is 10.8 Å². The molecule has 0 saturated carbocycles. The van der Waals surface area contributed by atoms with E-state index in [0.717, 1.165) is 27.0 Å². The molecular formula is C14H14BrN3S. The van der Waals surface area contributed by atoms with Crippen molar-refractivity contribution in [3.8, 4) is 0 Å². The summed E-state index contributed by atoms with van der Waals surface area (Å²) in [5.41, 5.74) is 9.48. The van der Waals surface area contributed by atoms with Crippen LogP contribution in [0.1, 0.15) is 16.8 Å². The molecule has 0 spiro atoms. The van der Waals surface area contributed by atoms with E-state index in [9.17, 15) is 0 Å². The molecule has 98 valence electrons. The summed E-state index contributed by atoms with van der Waals surface area (Å²) >= 11 is 8.52. The predicted octanol–water partition coefficient (Wildman–Crippen LogP) is 3.84. The lowest BCUT2D eigenvalue weighted by Crippen LogP contribution is -2.15. The van der Waals surface area contributed by atoms with Crippen LogP contribution in [0.3, 0.4) is 0 Å². The van der Waals surface area contributed by atoms with Crippen LogP contribution in [0.15, 0.2) is 34.8 Å². The van der Waals surface area contributed by atoms with Gasteiger partial charge in [0.05, 0.1) is 5.56 Å². The molecule has 0 aliphatic rings. The molecule has 3 N–H and O–H groups in total. The smallest absolute Gasteiger partial charge is 0.141 e. The minimum atomic E-state index is 0.351. The van der Waals surface area contributed by atoms with Gasteiger partial charge >= 0.3 is 0 Å². The Morgan fingerprint density at radius 1 is 1.26 bits per heavy atom. The summed E-state index contributed by atoms with van der Waals surface area (Å²) in [5.74, 6) is 0.701.